The van der Waals surface area contributed by atoms with Gasteiger partial charge in [-0.3, -0.25) is 0 Å². The third-order valence-corrected chi connectivity index (χ3v) is 6.48. The van der Waals surface area contributed by atoms with Crippen LogP contribution in [0.4, 0.5) is 0 Å². The Morgan fingerprint density at radius 1 is 1.25 bits per heavy atom. The first-order valence-electron chi connectivity index (χ1n) is 6.87. The van der Waals surface area contributed by atoms with Crippen LogP contribution in [0.3, 0.4) is 0 Å². The summed E-state index contributed by atoms with van der Waals surface area (Å²) < 4.78 is 0. The highest BCUT2D eigenvalue weighted by atomic mass is 28.2. The van der Waals surface area contributed by atoms with Gasteiger partial charge in [-0.25, -0.2) is 0 Å². The fraction of sp³-hybridized carbons (Fsp3) is 0.733. The van der Waals surface area contributed by atoms with Crippen molar-refractivity contribution >= 4 is 9.52 Å². The van der Waals surface area contributed by atoms with Gasteiger partial charge in [-0.2, -0.15) is 0 Å². The number of hydrogen-bond donors (Lipinski definition) is 0. The average Bonchev–Trinajstić information content (AvgIpc) is 2.49. The highest BCUT2D eigenvalue weighted by Crippen LogP contribution is 2.43. The summed E-state index contributed by atoms with van der Waals surface area (Å²) in [4.78, 5) is 0. The van der Waals surface area contributed by atoms with Gasteiger partial charge in [0.25, 0.3) is 0 Å². The van der Waals surface area contributed by atoms with Gasteiger partial charge in [0.15, 0.2) is 0 Å². The van der Waals surface area contributed by atoms with E-state index in [-0.39, 0.29) is 9.52 Å². The first-order chi connectivity index (χ1) is 7.47. The zero-order valence-corrected chi connectivity index (χ0v) is 12.8. The van der Waals surface area contributed by atoms with Crippen molar-refractivity contribution in [1.82, 2.24) is 0 Å². The molecular formula is C15H26Si. The predicted molar refractivity (Wildman–Crippen MR) is 75.8 cm³/mol. The van der Waals surface area contributed by atoms with E-state index in [1.165, 1.54) is 31.7 Å². The summed E-state index contributed by atoms with van der Waals surface area (Å²) in [6.45, 7) is 9.62. The monoisotopic (exact) mass is 234 g/mol. The summed E-state index contributed by atoms with van der Waals surface area (Å²) >= 11 is 0. The second-order valence-electron chi connectivity index (χ2n) is 6.80. The highest BCUT2D eigenvalue weighted by molar-refractivity contribution is 6.39. The summed E-state index contributed by atoms with van der Waals surface area (Å²) in [6, 6.07) is 1.50. The van der Waals surface area contributed by atoms with Crippen molar-refractivity contribution in [2.75, 3.05) is 0 Å². The summed E-state index contributed by atoms with van der Waals surface area (Å²) in [5, 5.41) is 0.623. The molecule has 0 bridgehead atoms. The summed E-state index contributed by atoms with van der Waals surface area (Å²) in [7, 11) is 0.0661. The lowest BCUT2D eigenvalue weighted by molar-refractivity contribution is 0.630. The Labute approximate surface area is 103 Å². The van der Waals surface area contributed by atoms with E-state index in [1.54, 1.807) is 11.1 Å². The van der Waals surface area contributed by atoms with E-state index in [4.69, 9.17) is 0 Å². The standard InChI is InChI=1S/C15H26Si/c1-11-9-12-7-5-6-8-13(12)14(11)10-16-15(2,3)4/h9,14H,5-8,10,16H2,1-4H3. The van der Waals surface area contributed by atoms with Crippen molar-refractivity contribution < 1.29 is 0 Å². The van der Waals surface area contributed by atoms with Gasteiger partial charge in [-0.15, -0.1) is 0 Å². The molecule has 0 aromatic carbocycles. The van der Waals surface area contributed by atoms with Gasteiger partial charge in [-0.1, -0.05) is 44.0 Å². The predicted octanol–water partition coefficient (Wildman–Crippen LogP) is 4.24. The van der Waals surface area contributed by atoms with Crippen LogP contribution in [0, 0.1) is 5.92 Å². The maximum Gasteiger partial charge on any atom is 0.0269 e. The largest absolute Gasteiger partial charge is 0.0662 e. The van der Waals surface area contributed by atoms with Crippen molar-refractivity contribution in [3.63, 3.8) is 0 Å². The summed E-state index contributed by atoms with van der Waals surface area (Å²) in [5.41, 5.74) is 5.22. The minimum absolute atomic E-state index is 0.0661. The lowest BCUT2D eigenvalue weighted by Gasteiger charge is -2.25. The lowest BCUT2D eigenvalue weighted by atomic mass is 9.88. The van der Waals surface area contributed by atoms with Gasteiger partial charge in [0, 0.05) is 9.52 Å². The lowest BCUT2D eigenvalue weighted by Crippen LogP contribution is -2.15. The third-order valence-electron chi connectivity index (χ3n) is 4.11. The molecule has 2 rings (SSSR count). The number of allylic oxidation sites excluding steroid dienone is 4. The van der Waals surface area contributed by atoms with Crippen LogP contribution in [0.2, 0.25) is 11.1 Å². The molecule has 1 atom stereocenters. The summed E-state index contributed by atoms with van der Waals surface area (Å²) in [5.74, 6) is 0.862. The van der Waals surface area contributed by atoms with Gasteiger partial charge in [-0.05, 0) is 49.1 Å². The molecule has 0 nitrogen and oxygen atoms in total. The van der Waals surface area contributed by atoms with E-state index in [9.17, 15) is 0 Å². The van der Waals surface area contributed by atoms with Crippen molar-refractivity contribution in [1.29, 1.82) is 0 Å². The second kappa shape index (κ2) is 4.52. The molecule has 1 heteroatoms. The van der Waals surface area contributed by atoms with Crippen LogP contribution >= 0.6 is 0 Å². The van der Waals surface area contributed by atoms with Crippen LogP contribution in [-0.4, -0.2) is 9.52 Å². The maximum atomic E-state index is 2.51. The Morgan fingerprint density at radius 3 is 2.62 bits per heavy atom. The molecule has 0 heterocycles. The molecule has 0 spiro atoms. The van der Waals surface area contributed by atoms with Crippen molar-refractivity contribution in [3.05, 3.63) is 22.8 Å². The molecule has 0 N–H and O–H groups in total. The first-order valence-corrected chi connectivity index (χ1v) is 8.58. The van der Waals surface area contributed by atoms with E-state index in [0.29, 0.717) is 5.04 Å². The van der Waals surface area contributed by atoms with E-state index in [2.05, 4.69) is 33.8 Å². The van der Waals surface area contributed by atoms with Gasteiger partial charge in [0.1, 0.15) is 0 Å². The van der Waals surface area contributed by atoms with Crippen molar-refractivity contribution in [2.45, 2.75) is 64.5 Å². The number of rotatable bonds is 2. The molecule has 0 fully saturated rings. The van der Waals surface area contributed by atoms with E-state index >= 15 is 0 Å². The van der Waals surface area contributed by atoms with Crippen LogP contribution in [0.5, 0.6) is 0 Å². The topological polar surface area (TPSA) is 0 Å². The Hall–Kier alpha value is -0.303. The molecule has 0 radical (unpaired) electrons. The van der Waals surface area contributed by atoms with Gasteiger partial charge in [0.2, 0.25) is 0 Å². The van der Waals surface area contributed by atoms with E-state index in [0.717, 1.165) is 5.92 Å². The van der Waals surface area contributed by atoms with Crippen LogP contribution in [0.1, 0.15) is 53.4 Å². The van der Waals surface area contributed by atoms with Crippen LogP contribution < -0.4 is 0 Å². The SMILES string of the molecule is CC1=CC2=C(CCCC2)C1C[SiH2]C(C)(C)C. The van der Waals surface area contributed by atoms with Gasteiger partial charge in [0.05, 0.1) is 0 Å². The molecule has 0 amide bonds. The second-order valence-corrected chi connectivity index (χ2v) is 10.00. The quantitative estimate of drug-likeness (QED) is 0.627. The van der Waals surface area contributed by atoms with Crippen LogP contribution in [-0.2, 0) is 0 Å². The molecule has 0 saturated heterocycles. The third kappa shape index (κ3) is 2.68. The van der Waals surface area contributed by atoms with Crippen LogP contribution in [0.25, 0.3) is 0 Å². The Balaban J connectivity index is 2.04. The first kappa shape index (κ1) is 12.2. The van der Waals surface area contributed by atoms with Gasteiger partial charge >= 0.3 is 0 Å². The zero-order valence-electron chi connectivity index (χ0n) is 11.4. The molecule has 2 aliphatic rings. The minimum Gasteiger partial charge on any atom is -0.0662 e. The fourth-order valence-corrected chi connectivity index (χ4v) is 5.10. The normalized spacial score (nSPS) is 26.5. The fourth-order valence-electron chi connectivity index (χ4n) is 3.14. The molecule has 90 valence electrons. The average molecular weight is 234 g/mol. The molecule has 0 aromatic rings. The maximum absolute atomic E-state index is 2.51. The Bertz CT molecular complexity index is 328. The van der Waals surface area contributed by atoms with Crippen LogP contribution in [0.15, 0.2) is 22.8 Å². The molecular weight excluding hydrogens is 208 g/mol. The molecule has 2 aliphatic carbocycles. The summed E-state index contributed by atoms with van der Waals surface area (Å²) in [6.07, 6.45) is 8.13. The number of hydrogen-bond acceptors (Lipinski definition) is 0. The van der Waals surface area contributed by atoms with Crippen molar-refractivity contribution in [2.24, 2.45) is 5.92 Å². The van der Waals surface area contributed by atoms with E-state index < -0.39 is 0 Å². The zero-order chi connectivity index (χ0) is 11.8. The minimum atomic E-state index is 0.0661. The molecule has 0 aromatic heterocycles. The van der Waals surface area contributed by atoms with Gasteiger partial charge < -0.3 is 0 Å². The van der Waals surface area contributed by atoms with E-state index in [1.807, 2.05) is 5.57 Å². The Kier molecular flexibility index (Phi) is 3.44. The highest BCUT2D eigenvalue weighted by Gasteiger charge is 2.27. The van der Waals surface area contributed by atoms with Crippen molar-refractivity contribution in [3.8, 4) is 0 Å². The molecule has 1 unspecified atom stereocenters. The molecule has 0 aliphatic heterocycles. The Morgan fingerprint density at radius 2 is 1.94 bits per heavy atom. The molecule has 16 heavy (non-hydrogen) atoms. The molecule has 0 saturated carbocycles. The smallest absolute Gasteiger partial charge is 0.0269 e.